The predicted molar refractivity (Wildman–Crippen MR) is 66.9 cm³/mol. The molecule has 0 aliphatic rings. The summed E-state index contributed by atoms with van der Waals surface area (Å²) in [6.07, 6.45) is 3.24. The van der Waals surface area contributed by atoms with Crippen molar-refractivity contribution in [3.63, 3.8) is 0 Å². The Morgan fingerprint density at radius 1 is 1.29 bits per heavy atom. The molecule has 1 N–H and O–H groups in total. The molecule has 2 heterocycles. The maximum atomic E-state index is 8.88. The number of thiazole rings is 1. The maximum Gasteiger partial charge on any atom is 0.147 e. The number of aryl methyl sites for hydroxylation is 1. The summed E-state index contributed by atoms with van der Waals surface area (Å²) in [4.78, 5) is 14.7. The second-order valence-corrected chi connectivity index (χ2v) is 4.80. The van der Waals surface area contributed by atoms with Gasteiger partial charge >= 0.3 is 0 Å². The number of rotatable bonds is 4. The van der Waals surface area contributed by atoms with Gasteiger partial charge in [0.25, 0.3) is 0 Å². The van der Waals surface area contributed by atoms with Crippen LogP contribution in [0.4, 0.5) is 5.82 Å². The summed E-state index contributed by atoms with van der Waals surface area (Å²) in [5.41, 5.74) is 1.61. The van der Waals surface area contributed by atoms with Crippen molar-refractivity contribution in [1.29, 1.82) is 0 Å². The molecular formula is C11H14N4OS. The van der Waals surface area contributed by atoms with E-state index >= 15 is 0 Å². The normalized spacial score (nSPS) is 10.5. The minimum Gasteiger partial charge on any atom is -0.390 e. The third kappa shape index (κ3) is 2.98. The van der Waals surface area contributed by atoms with Gasteiger partial charge in [-0.15, -0.1) is 11.3 Å². The van der Waals surface area contributed by atoms with Crippen molar-refractivity contribution in [3.05, 3.63) is 34.2 Å². The van der Waals surface area contributed by atoms with E-state index < -0.39 is 0 Å². The summed E-state index contributed by atoms with van der Waals surface area (Å²) >= 11 is 1.64. The topological polar surface area (TPSA) is 62.1 Å². The molecule has 5 nitrogen and oxygen atoms in total. The summed E-state index contributed by atoms with van der Waals surface area (Å²) < 4.78 is 0. The molecule has 2 rings (SSSR count). The second kappa shape index (κ2) is 5.20. The smallest absolute Gasteiger partial charge is 0.147 e. The molecule has 2 aromatic heterocycles. The fourth-order valence-electron chi connectivity index (χ4n) is 1.43. The van der Waals surface area contributed by atoms with E-state index in [2.05, 4.69) is 15.0 Å². The summed E-state index contributed by atoms with van der Waals surface area (Å²) in [6, 6.07) is 0. The molecule has 0 atom stereocenters. The average molecular weight is 250 g/mol. The van der Waals surface area contributed by atoms with Crippen molar-refractivity contribution < 1.29 is 5.11 Å². The van der Waals surface area contributed by atoms with E-state index in [1.54, 1.807) is 23.7 Å². The summed E-state index contributed by atoms with van der Waals surface area (Å²) in [5, 5.41) is 12.0. The molecule has 90 valence electrons. The number of hydrogen-bond donors (Lipinski definition) is 1. The first kappa shape index (κ1) is 11.9. The molecule has 2 aromatic rings. The van der Waals surface area contributed by atoms with Crippen LogP contribution in [0.1, 0.15) is 16.4 Å². The highest BCUT2D eigenvalue weighted by molar-refractivity contribution is 7.09. The monoisotopic (exact) mass is 250 g/mol. The Balaban J connectivity index is 2.06. The zero-order chi connectivity index (χ0) is 12.3. The lowest BCUT2D eigenvalue weighted by atomic mass is 10.4. The van der Waals surface area contributed by atoms with E-state index in [-0.39, 0.29) is 6.61 Å². The minimum atomic E-state index is -0.0811. The molecular weight excluding hydrogens is 236 g/mol. The van der Waals surface area contributed by atoms with Crippen LogP contribution >= 0.6 is 11.3 Å². The largest absolute Gasteiger partial charge is 0.390 e. The number of hydrogen-bond acceptors (Lipinski definition) is 6. The lowest BCUT2D eigenvalue weighted by molar-refractivity contribution is 0.276. The van der Waals surface area contributed by atoms with E-state index in [1.165, 1.54) is 0 Å². The Labute approximate surface area is 104 Å². The SMILES string of the molecule is Cc1nc(CN(C)c2cnc(CO)cn2)cs1. The molecule has 0 unspecified atom stereocenters. The van der Waals surface area contributed by atoms with E-state index in [0.717, 1.165) is 16.5 Å². The molecule has 0 aliphatic heterocycles. The van der Waals surface area contributed by atoms with Crippen LogP contribution in [0.5, 0.6) is 0 Å². The molecule has 17 heavy (non-hydrogen) atoms. The standard InChI is InChI=1S/C11H14N4OS/c1-8-14-10(7-17-8)5-15(2)11-4-12-9(6-16)3-13-11/h3-4,7,16H,5-6H2,1-2H3. The third-order valence-electron chi connectivity index (χ3n) is 2.31. The van der Waals surface area contributed by atoms with Gasteiger partial charge in [-0.3, -0.25) is 4.98 Å². The quantitative estimate of drug-likeness (QED) is 0.888. The van der Waals surface area contributed by atoms with Crippen molar-refractivity contribution in [1.82, 2.24) is 15.0 Å². The van der Waals surface area contributed by atoms with Gasteiger partial charge in [-0.1, -0.05) is 0 Å². The van der Waals surface area contributed by atoms with Gasteiger partial charge in [0.2, 0.25) is 0 Å². The Morgan fingerprint density at radius 2 is 2.12 bits per heavy atom. The second-order valence-electron chi connectivity index (χ2n) is 3.74. The Kier molecular flexibility index (Phi) is 3.65. The lowest BCUT2D eigenvalue weighted by Gasteiger charge is -2.16. The van der Waals surface area contributed by atoms with Crippen LogP contribution < -0.4 is 4.90 Å². The number of aromatic nitrogens is 3. The van der Waals surface area contributed by atoms with Crippen molar-refractivity contribution in [3.8, 4) is 0 Å². The van der Waals surface area contributed by atoms with Crippen LogP contribution in [0.3, 0.4) is 0 Å². The van der Waals surface area contributed by atoms with Gasteiger partial charge in [0.15, 0.2) is 0 Å². The number of aliphatic hydroxyl groups is 1. The molecule has 0 spiro atoms. The van der Waals surface area contributed by atoms with Crippen molar-refractivity contribution in [2.24, 2.45) is 0 Å². The Bertz CT molecular complexity index is 482. The molecule has 0 saturated heterocycles. The van der Waals surface area contributed by atoms with Crippen LogP contribution in [-0.4, -0.2) is 27.1 Å². The lowest BCUT2D eigenvalue weighted by Crippen LogP contribution is -2.18. The van der Waals surface area contributed by atoms with Gasteiger partial charge in [0.05, 0.1) is 41.9 Å². The average Bonchev–Trinajstić information content (AvgIpc) is 2.75. The van der Waals surface area contributed by atoms with Gasteiger partial charge in [-0.25, -0.2) is 9.97 Å². The zero-order valence-corrected chi connectivity index (χ0v) is 10.6. The first-order chi connectivity index (χ1) is 8.19. The van der Waals surface area contributed by atoms with Crippen LogP contribution in [0.15, 0.2) is 17.8 Å². The van der Waals surface area contributed by atoms with Crippen molar-refractivity contribution >= 4 is 17.2 Å². The highest BCUT2D eigenvalue weighted by Crippen LogP contribution is 2.13. The van der Waals surface area contributed by atoms with E-state index in [0.29, 0.717) is 12.2 Å². The number of aliphatic hydroxyl groups excluding tert-OH is 1. The Hall–Kier alpha value is -1.53. The zero-order valence-electron chi connectivity index (χ0n) is 9.79. The highest BCUT2D eigenvalue weighted by Gasteiger charge is 2.06. The van der Waals surface area contributed by atoms with Gasteiger partial charge in [-0.05, 0) is 6.92 Å². The fraction of sp³-hybridized carbons (Fsp3) is 0.364. The fourth-order valence-corrected chi connectivity index (χ4v) is 2.04. The maximum absolute atomic E-state index is 8.88. The van der Waals surface area contributed by atoms with E-state index in [4.69, 9.17) is 5.11 Å². The van der Waals surface area contributed by atoms with E-state index in [1.807, 2.05) is 24.3 Å². The first-order valence-electron chi connectivity index (χ1n) is 5.23. The Morgan fingerprint density at radius 3 is 2.65 bits per heavy atom. The van der Waals surface area contributed by atoms with Gasteiger partial charge in [0, 0.05) is 12.4 Å². The van der Waals surface area contributed by atoms with Crippen molar-refractivity contribution in [2.45, 2.75) is 20.1 Å². The number of nitrogens with zero attached hydrogens (tertiary/aromatic N) is 4. The molecule has 0 aromatic carbocycles. The molecule has 6 heteroatoms. The third-order valence-corrected chi connectivity index (χ3v) is 3.13. The molecule has 0 radical (unpaired) electrons. The number of anilines is 1. The first-order valence-corrected chi connectivity index (χ1v) is 6.11. The summed E-state index contributed by atoms with van der Waals surface area (Å²) in [7, 11) is 1.94. The van der Waals surface area contributed by atoms with Gasteiger partial charge in [-0.2, -0.15) is 0 Å². The summed E-state index contributed by atoms with van der Waals surface area (Å²) in [6.45, 7) is 2.61. The van der Waals surface area contributed by atoms with Crippen LogP contribution in [0, 0.1) is 6.92 Å². The van der Waals surface area contributed by atoms with Gasteiger partial charge in [0.1, 0.15) is 5.82 Å². The van der Waals surface area contributed by atoms with Crippen LogP contribution in [-0.2, 0) is 13.2 Å². The predicted octanol–water partition coefficient (Wildman–Crippen LogP) is 1.37. The summed E-state index contributed by atoms with van der Waals surface area (Å²) in [5.74, 6) is 0.771. The minimum absolute atomic E-state index is 0.0811. The molecule has 0 bridgehead atoms. The van der Waals surface area contributed by atoms with Crippen LogP contribution in [0.2, 0.25) is 0 Å². The molecule has 0 fully saturated rings. The van der Waals surface area contributed by atoms with Crippen molar-refractivity contribution in [2.75, 3.05) is 11.9 Å². The van der Waals surface area contributed by atoms with E-state index in [9.17, 15) is 0 Å². The van der Waals surface area contributed by atoms with Crippen LogP contribution in [0.25, 0.3) is 0 Å². The van der Waals surface area contributed by atoms with Gasteiger partial charge < -0.3 is 10.0 Å². The molecule has 0 aliphatic carbocycles. The highest BCUT2D eigenvalue weighted by atomic mass is 32.1. The molecule has 0 amide bonds. The molecule has 0 saturated carbocycles.